The van der Waals surface area contributed by atoms with E-state index < -0.39 is 17.5 Å². The summed E-state index contributed by atoms with van der Waals surface area (Å²) in [6.07, 6.45) is 4.35. The third kappa shape index (κ3) is 4.10. The monoisotopic (exact) mass is 378 g/mol. The zero-order valence-corrected chi connectivity index (χ0v) is 14.1. The number of anilines is 2. The molecule has 0 atom stereocenters. The van der Waals surface area contributed by atoms with Crippen molar-refractivity contribution in [2.24, 2.45) is 0 Å². The molecule has 128 valence electrons. The summed E-state index contributed by atoms with van der Waals surface area (Å²) in [6.45, 7) is -0.0822. The summed E-state index contributed by atoms with van der Waals surface area (Å²) in [5.74, 6) is -1.72. The number of aliphatic hydroxyl groups excluding tert-OH is 1. The summed E-state index contributed by atoms with van der Waals surface area (Å²) in [7, 11) is 0. The van der Waals surface area contributed by atoms with E-state index in [-0.39, 0.29) is 11.5 Å². The first kappa shape index (κ1) is 17.3. The predicted octanol–water partition coefficient (Wildman–Crippen LogP) is 3.16. The maximum atomic E-state index is 14.1. The number of hydrogen-bond donors (Lipinski definition) is 3. The molecule has 0 fully saturated rings. The lowest BCUT2D eigenvalue weighted by molar-refractivity contribution is 0.0684. The Morgan fingerprint density at radius 2 is 2.08 bits per heavy atom. The molecule has 25 heavy (non-hydrogen) atoms. The molecule has 3 aromatic heterocycles. The minimum absolute atomic E-state index is 0.0822. The molecule has 0 spiro atoms. The van der Waals surface area contributed by atoms with Crippen LogP contribution in [0.3, 0.4) is 0 Å². The van der Waals surface area contributed by atoms with Gasteiger partial charge in [0.05, 0.1) is 21.9 Å². The molecule has 0 amide bonds. The minimum atomic E-state index is -1.41. The van der Waals surface area contributed by atoms with Crippen molar-refractivity contribution < 1.29 is 19.4 Å². The van der Waals surface area contributed by atoms with Crippen LogP contribution in [0.15, 0.2) is 45.9 Å². The zero-order chi connectivity index (χ0) is 17.8. The smallest absolute Gasteiger partial charge is 0.357 e. The van der Waals surface area contributed by atoms with Gasteiger partial charge in [0.1, 0.15) is 5.82 Å². The summed E-state index contributed by atoms with van der Waals surface area (Å²) in [6, 6.07) is 4.86. The fourth-order valence-corrected chi connectivity index (χ4v) is 3.70. The molecule has 0 aromatic carbocycles. The molecule has 3 N–H and O–H groups in total. The van der Waals surface area contributed by atoms with Gasteiger partial charge in [-0.25, -0.2) is 24.1 Å². The SMILES string of the molecule is O=C(O)c1nccc(Sc2cnc(Nc3ccc(CO)cn3)s2)c1F. The number of nitrogens with zero attached hydrogens (tertiary/aromatic N) is 3. The lowest BCUT2D eigenvalue weighted by atomic mass is 10.3. The average Bonchev–Trinajstić information content (AvgIpc) is 3.04. The number of aromatic nitrogens is 3. The van der Waals surface area contributed by atoms with Gasteiger partial charge >= 0.3 is 5.97 Å². The van der Waals surface area contributed by atoms with Crippen molar-refractivity contribution >= 4 is 40.0 Å². The van der Waals surface area contributed by atoms with Crippen molar-refractivity contribution in [2.45, 2.75) is 15.7 Å². The summed E-state index contributed by atoms with van der Waals surface area (Å²) < 4.78 is 14.8. The summed E-state index contributed by atoms with van der Waals surface area (Å²) in [5, 5.41) is 21.5. The molecule has 0 aliphatic carbocycles. The Morgan fingerprint density at radius 3 is 2.76 bits per heavy atom. The molecule has 3 rings (SSSR count). The highest BCUT2D eigenvalue weighted by molar-refractivity contribution is 8.01. The molecule has 0 aliphatic heterocycles. The van der Waals surface area contributed by atoms with Gasteiger partial charge in [-0.15, -0.1) is 0 Å². The number of thiazole rings is 1. The van der Waals surface area contributed by atoms with Crippen LogP contribution in [0.5, 0.6) is 0 Å². The largest absolute Gasteiger partial charge is 0.476 e. The Morgan fingerprint density at radius 1 is 1.24 bits per heavy atom. The van der Waals surface area contributed by atoms with Crippen LogP contribution in [0.4, 0.5) is 15.3 Å². The van der Waals surface area contributed by atoms with E-state index in [2.05, 4.69) is 20.3 Å². The Balaban J connectivity index is 1.73. The van der Waals surface area contributed by atoms with Crippen molar-refractivity contribution in [1.82, 2.24) is 15.0 Å². The van der Waals surface area contributed by atoms with Gasteiger partial charge in [0.15, 0.2) is 16.6 Å². The lowest BCUT2D eigenvalue weighted by Gasteiger charge is -2.03. The third-order valence-corrected chi connectivity index (χ3v) is 5.04. The molecule has 0 saturated carbocycles. The van der Waals surface area contributed by atoms with Gasteiger partial charge in [-0.2, -0.15) is 0 Å². The number of hydrogen-bond acceptors (Lipinski definition) is 8. The van der Waals surface area contributed by atoms with Crippen molar-refractivity contribution in [2.75, 3.05) is 5.32 Å². The molecule has 0 aliphatic rings. The zero-order valence-electron chi connectivity index (χ0n) is 12.5. The van der Waals surface area contributed by atoms with Crippen LogP contribution in [-0.2, 0) is 6.61 Å². The number of carboxylic acids is 1. The van der Waals surface area contributed by atoms with Gasteiger partial charge in [0.2, 0.25) is 0 Å². The van der Waals surface area contributed by atoms with E-state index in [0.29, 0.717) is 20.7 Å². The molecule has 0 unspecified atom stereocenters. The van der Waals surface area contributed by atoms with E-state index in [1.807, 2.05) is 0 Å². The van der Waals surface area contributed by atoms with Crippen LogP contribution < -0.4 is 5.32 Å². The third-order valence-electron chi connectivity index (χ3n) is 2.99. The highest BCUT2D eigenvalue weighted by Gasteiger charge is 2.17. The van der Waals surface area contributed by atoms with Gasteiger partial charge in [-0.3, -0.25) is 0 Å². The van der Waals surface area contributed by atoms with Crippen molar-refractivity contribution in [3.05, 3.63) is 53.9 Å². The fraction of sp³-hybridized carbons (Fsp3) is 0.0667. The number of nitrogens with one attached hydrogen (secondary N) is 1. The number of aromatic carboxylic acids is 1. The molecule has 0 saturated heterocycles. The second kappa shape index (κ2) is 7.55. The maximum Gasteiger partial charge on any atom is 0.357 e. The van der Waals surface area contributed by atoms with Crippen LogP contribution in [0, 0.1) is 5.82 Å². The quantitative estimate of drug-likeness (QED) is 0.600. The Kier molecular flexibility index (Phi) is 5.22. The molecule has 7 nitrogen and oxygen atoms in total. The summed E-state index contributed by atoms with van der Waals surface area (Å²) in [5.41, 5.74) is 0.0874. The summed E-state index contributed by atoms with van der Waals surface area (Å²) >= 11 is 2.34. The molecule has 3 aromatic rings. The minimum Gasteiger partial charge on any atom is -0.476 e. The van der Waals surface area contributed by atoms with E-state index in [1.165, 1.54) is 23.6 Å². The number of pyridine rings is 2. The van der Waals surface area contributed by atoms with Gasteiger partial charge < -0.3 is 15.5 Å². The Hall–Kier alpha value is -2.56. The Bertz CT molecular complexity index is 902. The van der Waals surface area contributed by atoms with E-state index in [0.717, 1.165) is 11.8 Å². The van der Waals surface area contributed by atoms with Gasteiger partial charge in [0.25, 0.3) is 0 Å². The van der Waals surface area contributed by atoms with Gasteiger partial charge in [-0.05, 0) is 17.7 Å². The van der Waals surface area contributed by atoms with Crippen LogP contribution in [0.2, 0.25) is 0 Å². The van der Waals surface area contributed by atoms with Crippen LogP contribution in [-0.4, -0.2) is 31.1 Å². The molecular weight excluding hydrogens is 367 g/mol. The average molecular weight is 378 g/mol. The fourth-order valence-electron chi connectivity index (χ4n) is 1.83. The number of halogens is 1. The lowest BCUT2D eigenvalue weighted by Crippen LogP contribution is -2.04. The predicted molar refractivity (Wildman–Crippen MR) is 90.8 cm³/mol. The molecule has 0 bridgehead atoms. The van der Waals surface area contributed by atoms with E-state index >= 15 is 0 Å². The normalized spacial score (nSPS) is 10.6. The first-order valence-corrected chi connectivity index (χ1v) is 8.54. The first-order chi connectivity index (χ1) is 12.1. The van der Waals surface area contributed by atoms with Gasteiger partial charge in [-0.1, -0.05) is 29.2 Å². The van der Waals surface area contributed by atoms with Gasteiger partial charge in [0, 0.05) is 12.4 Å². The maximum absolute atomic E-state index is 14.1. The van der Waals surface area contributed by atoms with Crippen LogP contribution in [0.25, 0.3) is 0 Å². The summed E-state index contributed by atoms with van der Waals surface area (Å²) in [4.78, 5) is 22.9. The topological polar surface area (TPSA) is 108 Å². The first-order valence-electron chi connectivity index (χ1n) is 6.91. The van der Waals surface area contributed by atoms with Crippen molar-refractivity contribution in [3.8, 4) is 0 Å². The second-order valence-electron chi connectivity index (χ2n) is 4.70. The highest BCUT2D eigenvalue weighted by Crippen LogP contribution is 2.36. The standard InChI is InChI=1S/C15H11FN4O3S2/c16-12-9(3-4-17-13(12)14(22)23)24-11-6-19-15(25-11)20-10-2-1-8(7-21)5-18-10/h1-6,21H,7H2,(H,22,23)(H,18,19,20). The van der Waals surface area contributed by atoms with Crippen LogP contribution >= 0.6 is 23.1 Å². The van der Waals surface area contributed by atoms with Crippen LogP contribution in [0.1, 0.15) is 16.1 Å². The molecular formula is C15H11FN4O3S2. The van der Waals surface area contributed by atoms with Crippen molar-refractivity contribution in [3.63, 3.8) is 0 Å². The number of carbonyl (C=O) groups is 1. The number of rotatable bonds is 6. The van der Waals surface area contributed by atoms with Crippen molar-refractivity contribution in [1.29, 1.82) is 0 Å². The molecule has 10 heteroatoms. The second-order valence-corrected chi connectivity index (χ2v) is 7.07. The Labute approximate surface area is 149 Å². The van der Waals surface area contributed by atoms with E-state index in [4.69, 9.17) is 10.2 Å². The highest BCUT2D eigenvalue weighted by atomic mass is 32.2. The molecule has 3 heterocycles. The number of aliphatic hydroxyl groups is 1. The van der Waals surface area contributed by atoms with E-state index in [1.54, 1.807) is 24.5 Å². The number of carboxylic acid groups (broad SMARTS) is 1. The van der Waals surface area contributed by atoms with E-state index in [9.17, 15) is 9.18 Å². The molecule has 0 radical (unpaired) electrons.